The zero-order valence-corrected chi connectivity index (χ0v) is 18.9. The van der Waals surface area contributed by atoms with Crippen LogP contribution in [0.4, 0.5) is 10.5 Å². The van der Waals surface area contributed by atoms with Gasteiger partial charge in [0, 0.05) is 10.6 Å². The first kappa shape index (κ1) is 21.8. The smallest absolute Gasteiger partial charge is 0.421 e. The first-order valence-corrected chi connectivity index (χ1v) is 10.9. The monoisotopic (exact) mass is 466 g/mol. The van der Waals surface area contributed by atoms with Crippen LogP contribution < -0.4 is 9.64 Å². The van der Waals surface area contributed by atoms with Gasteiger partial charge < -0.3 is 9.47 Å². The van der Waals surface area contributed by atoms with Crippen molar-refractivity contribution in [3.8, 4) is 5.75 Å². The van der Waals surface area contributed by atoms with E-state index in [2.05, 4.69) is 4.98 Å². The molecule has 0 unspecified atom stereocenters. The largest absolute Gasteiger partial charge is 0.486 e. The van der Waals surface area contributed by atoms with E-state index in [-0.39, 0.29) is 5.56 Å². The van der Waals surface area contributed by atoms with E-state index in [4.69, 9.17) is 21.1 Å². The molecule has 0 spiro atoms. The molecule has 8 heteroatoms. The van der Waals surface area contributed by atoms with Gasteiger partial charge in [-0.15, -0.1) is 11.3 Å². The summed E-state index contributed by atoms with van der Waals surface area (Å²) in [4.78, 5) is 31.1. The number of hydrogen-bond acceptors (Lipinski definition) is 6. The van der Waals surface area contributed by atoms with Crippen LogP contribution >= 0.6 is 22.9 Å². The average Bonchev–Trinajstić information content (AvgIpc) is 3.22. The zero-order chi connectivity index (χ0) is 22.7. The van der Waals surface area contributed by atoms with Crippen molar-refractivity contribution in [2.24, 2.45) is 0 Å². The van der Waals surface area contributed by atoms with E-state index in [9.17, 15) is 9.59 Å². The Morgan fingerprint density at radius 1 is 1.06 bits per heavy atom. The molecule has 0 bridgehead atoms. The van der Waals surface area contributed by atoms with Crippen LogP contribution in [0.2, 0.25) is 5.02 Å². The van der Waals surface area contributed by atoms with Crippen molar-refractivity contribution >= 4 is 50.8 Å². The highest BCUT2D eigenvalue weighted by Gasteiger charge is 2.27. The molecule has 0 saturated carbocycles. The fraction of sp³-hybridized carbons (Fsp3) is 0.125. The van der Waals surface area contributed by atoms with Crippen molar-refractivity contribution in [2.45, 2.75) is 13.5 Å². The lowest BCUT2D eigenvalue weighted by Gasteiger charge is -2.22. The quantitative estimate of drug-likeness (QED) is 0.347. The number of fused-ring (bicyclic) bond motifs is 1. The Morgan fingerprint density at radius 2 is 1.88 bits per heavy atom. The molecule has 0 saturated heterocycles. The number of amides is 2. The SMILES string of the molecule is COC(=O)N(C(=O)c1cccc(Cl)c1)c1ccc(OCc2nc3ccccc3s2)cc1C. The maximum Gasteiger partial charge on any atom is 0.421 e. The number of rotatable bonds is 5. The molecule has 6 nitrogen and oxygen atoms in total. The van der Waals surface area contributed by atoms with Gasteiger partial charge >= 0.3 is 6.09 Å². The molecule has 1 aromatic heterocycles. The topological polar surface area (TPSA) is 68.7 Å². The summed E-state index contributed by atoms with van der Waals surface area (Å²) in [7, 11) is 1.23. The maximum absolute atomic E-state index is 13.1. The van der Waals surface area contributed by atoms with E-state index in [0.717, 1.165) is 20.1 Å². The normalized spacial score (nSPS) is 10.7. The number of carbonyl (C=O) groups is 2. The molecule has 162 valence electrons. The van der Waals surface area contributed by atoms with Crippen molar-refractivity contribution in [3.63, 3.8) is 0 Å². The number of ether oxygens (including phenoxy) is 2. The molecule has 4 aromatic rings. The summed E-state index contributed by atoms with van der Waals surface area (Å²) in [5.41, 5.74) is 2.29. The molecule has 0 aliphatic heterocycles. The van der Waals surface area contributed by atoms with Crippen molar-refractivity contribution in [2.75, 3.05) is 12.0 Å². The average molecular weight is 467 g/mol. The van der Waals surface area contributed by atoms with Crippen LogP contribution in [-0.2, 0) is 11.3 Å². The molecule has 0 aliphatic rings. The van der Waals surface area contributed by atoms with Crippen molar-refractivity contribution in [1.29, 1.82) is 0 Å². The van der Waals surface area contributed by atoms with Crippen LogP contribution in [0.25, 0.3) is 10.2 Å². The molecule has 2 amide bonds. The van der Waals surface area contributed by atoms with Gasteiger partial charge in [0.05, 0.1) is 23.0 Å². The van der Waals surface area contributed by atoms with Crippen LogP contribution in [0.3, 0.4) is 0 Å². The van der Waals surface area contributed by atoms with E-state index in [1.807, 2.05) is 24.3 Å². The molecular weight excluding hydrogens is 448 g/mol. The number of imide groups is 1. The maximum atomic E-state index is 13.1. The van der Waals surface area contributed by atoms with Gasteiger partial charge in [-0.05, 0) is 61.0 Å². The van der Waals surface area contributed by atoms with E-state index >= 15 is 0 Å². The third kappa shape index (κ3) is 4.59. The molecule has 0 radical (unpaired) electrons. The Bertz CT molecular complexity index is 1270. The Hall–Kier alpha value is -3.42. The molecular formula is C24H19ClN2O4S. The summed E-state index contributed by atoms with van der Waals surface area (Å²) < 4.78 is 11.9. The standard InChI is InChI=1S/C24H19ClN2O4S/c1-15-12-18(31-14-22-26-19-8-3-4-9-21(19)32-22)10-11-20(15)27(24(29)30-2)23(28)16-6-5-7-17(25)13-16/h3-13H,14H2,1-2H3. The number of hydrogen-bond donors (Lipinski definition) is 0. The van der Waals surface area contributed by atoms with Gasteiger partial charge in [-0.3, -0.25) is 4.79 Å². The number of benzene rings is 3. The Morgan fingerprint density at radius 3 is 2.59 bits per heavy atom. The summed E-state index contributed by atoms with van der Waals surface area (Å²) in [5, 5.41) is 1.26. The molecule has 0 fully saturated rings. The van der Waals surface area contributed by atoms with Crippen molar-refractivity contribution in [3.05, 3.63) is 87.9 Å². The number of methoxy groups -OCH3 is 1. The lowest BCUT2D eigenvalue weighted by Crippen LogP contribution is -2.37. The molecule has 32 heavy (non-hydrogen) atoms. The minimum Gasteiger partial charge on any atom is -0.486 e. The fourth-order valence-corrected chi connectivity index (χ4v) is 4.30. The lowest BCUT2D eigenvalue weighted by atomic mass is 10.1. The van der Waals surface area contributed by atoms with Crippen LogP contribution in [-0.4, -0.2) is 24.1 Å². The van der Waals surface area contributed by atoms with Crippen LogP contribution in [0, 0.1) is 6.92 Å². The molecule has 0 atom stereocenters. The molecule has 4 rings (SSSR count). The number of aryl methyl sites for hydroxylation is 1. The van der Waals surface area contributed by atoms with Gasteiger partial charge in [-0.25, -0.2) is 14.7 Å². The van der Waals surface area contributed by atoms with Gasteiger partial charge in [0.1, 0.15) is 17.4 Å². The van der Waals surface area contributed by atoms with Crippen LogP contribution in [0.1, 0.15) is 20.9 Å². The van der Waals surface area contributed by atoms with Crippen LogP contribution in [0.5, 0.6) is 5.75 Å². The first-order chi connectivity index (χ1) is 15.5. The molecule has 0 aliphatic carbocycles. The molecule has 3 aromatic carbocycles. The van der Waals surface area contributed by atoms with E-state index in [1.54, 1.807) is 54.7 Å². The highest BCUT2D eigenvalue weighted by atomic mass is 35.5. The Labute approximate surface area is 194 Å². The summed E-state index contributed by atoms with van der Waals surface area (Å²) >= 11 is 7.59. The molecule has 1 heterocycles. The summed E-state index contributed by atoms with van der Waals surface area (Å²) in [6, 6.07) is 19.4. The number of nitrogens with zero attached hydrogens (tertiary/aromatic N) is 2. The van der Waals surface area contributed by atoms with Gasteiger partial charge in [0.25, 0.3) is 5.91 Å². The van der Waals surface area contributed by atoms with Crippen molar-refractivity contribution in [1.82, 2.24) is 4.98 Å². The van der Waals surface area contributed by atoms with Gasteiger partial charge in [0.2, 0.25) is 0 Å². The van der Waals surface area contributed by atoms with Crippen molar-refractivity contribution < 1.29 is 19.1 Å². The number of halogens is 1. The third-order valence-electron chi connectivity index (χ3n) is 4.74. The third-order valence-corrected chi connectivity index (χ3v) is 5.99. The van der Waals surface area contributed by atoms with E-state index in [1.165, 1.54) is 13.2 Å². The predicted octanol–water partition coefficient (Wildman–Crippen LogP) is 6.25. The minimum absolute atomic E-state index is 0.276. The highest BCUT2D eigenvalue weighted by molar-refractivity contribution is 7.18. The first-order valence-electron chi connectivity index (χ1n) is 9.72. The Kier molecular flexibility index (Phi) is 6.39. The highest BCUT2D eigenvalue weighted by Crippen LogP contribution is 2.29. The summed E-state index contributed by atoms with van der Waals surface area (Å²) in [6.07, 6.45) is -0.791. The van der Waals surface area contributed by atoms with E-state index in [0.29, 0.717) is 28.6 Å². The second-order valence-electron chi connectivity index (χ2n) is 6.93. The Balaban J connectivity index is 1.56. The fourth-order valence-electron chi connectivity index (χ4n) is 3.23. The van der Waals surface area contributed by atoms with E-state index < -0.39 is 12.0 Å². The number of para-hydroxylation sites is 1. The van der Waals surface area contributed by atoms with Crippen LogP contribution in [0.15, 0.2) is 66.7 Å². The number of anilines is 1. The number of carbonyl (C=O) groups excluding carboxylic acids is 2. The lowest BCUT2D eigenvalue weighted by molar-refractivity contribution is 0.0975. The van der Waals surface area contributed by atoms with Gasteiger partial charge in [0.15, 0.2) is 0 Å². The zero-order valence-electron chi connectivity index (χ0n) is 17.4. The number of aromatic nitrogens is 1. The summed E-state index contributed by atoms with van der Waals surface area (Å²) in [6.45, 7) is 2.11. The second kappa shape index (κ2) is 9.38. The molecule has 0 N–H and O–H groups in total. The predicted molar refractivity (Wildman–Crippen MR) is 126 cm³/mol. The summed E-state index contributed by atoms with van der Waals surface area (Å²) in [5.74, 6) is 0.0659. The number of thiazole rings is 1. The minimum atomic E-state index is -0.791. The second-order valence-corrected chi connectivity index (χ2v) is 8.48. The van der Waals surface area contributed by atoms with Gasteiger partial charge in [-0.1, -0.05) is 29.8 Å². The van der Waals surface area contributed by atoms with Gasteiger partial charge in [-0.2, -0.15) is 0 Å².